The number of thiazole rings is 1. The molecule has 1 saturated heterocycles. The third-order valence-corrected chi connectivity index (χ3v) is 6.98. The Bertz CT molecular complexity index is 1130. The monoisotopic (exact) mass is 405 g/mol. The summed E-state index contributed by atoms with van der Waals surface area (Å²) >= 11 is 1.74. The molecular formula is C22H19N3O3S. The van der Waals surface area contributed by atoms with Crippen LogP contribution in [0.5, 0.6) is 0 Å². The van der Waals surface area contributed by atoms with Gasteiger partial charge in [0.15, 0.2) is 0 Å². The molecule has 0 unspecified atom stereocenters. The highest BCUT2D eigenvalue weighted by Gasteiger charge is 2.34. The molecule has 0 aliphatic carbocycles. The second kappa shape index (κ2) is 6.77. The van der Waals surface area contributed by atoms with E-state index in [1.54, 1.807) is 29.5 Å². The molecule has 1 aromatic heterocycles. The average molecular weight is 405 g/mol. The summed E-state index contributed by atoms with van der Waals surface area (Å²) in [5, 5.41) is 1.14. The highest BCUT2D eigenvalue weighted by atomic mass is 32.1. The number of nitrogens with zero attached hydrogens (tertiary/aromatic N) is 3. The van der Waals surface area contributed by atoms with Gasteiger partial charge in [0.05, 0.1) is 26.4 Å². The van der Waals surface area contributed by atoms with E-state index < -0.39 is 0 Å². The van der Waals surface area contributed by atoms with Crippen LogP contribution in [0.3, 0.4) is 0 Å². The van der Waals surface area contributed by atoms with Crippen LogP contribution in [0.25, 0.3) is 10.2 Å². The van der Waals surface area contributed by atoms with Crippen LogP contribution in [0.15, 0.2) is 42.5 Å². The summed E-state index contributed by atoms with van der Waals surface area (Å²) in [6.45, 7) is 1.31. The first-order valence-corrected chi connectivity index (χ1v) is 10.5. The summed E-state index contributed by atoms with van der Waals surface area (Å²) < 4.78 is 1.20. The number of benzene rings is 2. The Morgan fingerprint density at radius 3 is 2.52 bits per heavy atom. The van der Waals surface area contributed by atoms with E-state index in [0.29, 0.717) is 35.7 Å². The molecule has 0 bridgehead atoms. The standard InChI is InChI=1S/C22H19N3O3S/c1-24-21(27)15-7-6-14(12-16(15)22(24)28)20(26)25-10-8-13(9-11-25)19-23-17-4-2-3-5-18(17)29-19/h2-7,12-13H,8-11H2,1H3. The molecule has 2 aliphatic rings. The van der Waals surface area contributed by atoms with E-state index >= 15 is 0 Å². The van der Waals surface area contributed by atoms with Crippen LogP contribution in [-0.4, -0.2) is 52.6 Å². The lowest BCUT2D eigenvalue weighted by Gasteiger charge is -2.31. The number of para-hydroxylation sites is 1. The summed E-state index contributed by atoms with van der Waals surface area (Å²) in [6, 6.07) is 12.9. The van der Waals surface area contributed by atoms with Crippen LogP contribution in [0, 0.1) is 0 Å². The van der Waals surface area contributed by atoms with Gasteiger partial charge in [0.25, 0.3) is 17.7 Å². The zero-order chi connectivity index (χ0) is 20.1. The quantitative estimate of drug-likeness (QED) is 0.612. The number of fused-ring (bicyclic) bond motifs is 2. The largest absolute Gasteiger partial charge is 0.339 e. The topological polar surface area (TPSA) is 70.6 Å². The summed E-state index contributed by atoms with van der Waals surface area (Å²) in [7, 11) is 1.46. The van der Waals surface area contributed by atoms with Crippen molar-refractivity contribution in [3.05, 3.63) is 64.2 Å². The Morgan fingerprint density at radius 2 is 1.76 bits per heavy atom. The predicted octanol–water partition coefficient (Wildman–Crippen LogP) is 3.54. The second-order valence-corrected chi connectivity index (χ2v) is 8.58. The highest BCUT2D eigenvalue weighted by Crippen LogP contribution is 2.34. The number of hydrogen-bond acceptors (Lipinski definition) is 5. The minimum atomic E-state index is -0.353. The van der Waals surface area contributed by atoms with Crippen molar-refractivity contribution in [2.45, 2.75) is 18.8 Å². The Kier molecular flexibility index (Phi) is 4.20. The van der Waals surface area contributed by atoms with Gasteiger partial charge in [0.1, 0.15) is 0 Å². The molecule has 5 rings (SSSR count). The average Bonchev–Trinajstić information content (AvgIpc) is 3.29. The van der Waals surface area contributed by atoms with Crippen molar-refractivity contribution in [3.63, 3.8) is 0 Å². The van der Waals surface area contributed by atoms with Gasteiger partial charge in [-0.2, -0.15) is 0 Å². The number of likely N-dealkylation sites (tertiary alicyclic amines) is 1. The number of aromatic nitrogens is 1. The van der Waals surface area contributed by atoms with Gasteiger partial charge >= 0.3 is 0 Å². The Balaban J connectivity index is 1.30. The zero-order valence-electron chi connectivity index (χ0n) is 15.9. The molecule has 0 N–H and O–H groups in total. The lowest BCUT2D eigenvalue weighted by atomic mass is 9.96. The molecule has 2 aliphatic heterocycles. The Hall–Kier alpha value is -3.06. The summed E-state index contributed by atoms with van der Waals surface area (Å²) in [4.78, 5) is 44.9. The van der Waals surface area contributed by atoms with Gasteiger partial charge in [-0.25, -0.2) is 4.98 Å². The van der Waals surface area contributed by atoms with Crippen molar-refractivity contribution in [2.24, 2.45) is 0 Å². The Morgan fingerprint density at radius 1 is 1.03 bits per heavy atom. The van der Waals surface area contributed by atoms with Crippen molar-refractivity contribution in [1.29, 1.82) is 0 Å². The number of piperidine rings is 1. The molecular weight excluding hydrogens is 386 g/mol. The molecule has 2 aromatic carbocycles. The van der Waals surface area contributed by atoms with Crippen molar-refractivity contribution < 1.29 is 14.4 Å². The summed E-state index contributed by atoms with van der Waals surface area (Å²) in [5.41, 5.74) is 2.17. The normalized spacial score (nSPS) is 17.3. The summed E-state index contributed by atoms with van der Waals surface area (Å²) in [5.74, 6) is -0.399. The van der Waals surface area contributed by atoms with Crippen LogP contribution in [0.1, 0.15) is 54.8 Å². The smallest absolute Gasteiger partial charge is 0.261 e. The Labute approximate surface area is 171 Å². The maximum absolute atomic E-state index is 13.0. The van der Waals surface area contributed by atoms with Gasteiger partial charge in [-0.05, 0) is 43.2 Å². The number of amides is 3. The highest BCUT2D eigenvalue weighted by molar-refractivity contribution is 7.18. The van der Waals surface area contributed by atoms with Gasteiger partial charge in [-0.3, -0.25) is 19.3 Å². The number of carbonyl (C=O) groups excluding carboxylic acids is 3. The van der Waals surface area contributed by atoms with Crippen LogP contribution >= 0.6 is 11.3 Å². The summed E-state index contributed by atoms with van der Waals surface area (Å²) in [6.07, 6.45) is 1.74. The van der Waals surface area contributed by atoms with Crippen molar-refractivity contribution in [1.82, 2.24) is 14.8 Å². The van der Waals surface area contributed by atoms with E-state index in [-0.39, 0.29) is 17.7 Å². The molecule has 1 fully saturated rings. The molecule has 3 heterocycles. The van der Waals surface area contributed by atoms with Crippen molar-refractivity contribution in [3.8, 4) is 0 Å². The van der Waals surface area contributed by atoms with Crippen LogP contribution in [-0.2, 0) is 0 Å². The third-order valence-electron chi connectivity index (χ3n) is 5.78. The lowest BCUT2D eigenvalue weighted by Crippen LogP contribution is -2.38. The molecule has 3 amide bonds. The zero-order valence-corrected chi connectivity index (χ0v) is 16.7. The van der Waals surface area contributed by atoms with Crippen LogP contribution < -0.4 is 0 Å². The third kappa shape index (κ3) is 2.93. The fourth-order valence-corrected chi connectivity index (χ4v) is 5.21. The van der Waals surface area contributed by atoms with Crippen molar-refractivity contribution >= 4 is 39.3 Å². The number of rotatable bonds is 2. The molecule has 0 spiro atoms. The van der Waals surface area contributed by atoms with E-state index in [9.17, 15) is 14.4 Å². The molecule has 0 atom stereocenters. The molecule has 146 valence electrons. The van der Waals surface area contributed by atoms with E-state index in [4.69, 9.17) is 4.98 Å². The van der Waals surface area contributed by atoms with Gasteiger partial charge in [-0.1, -0.05) is 12.1 Å². The van der Waals surface area contributed by atoms with Gasteiger partial charge in [-0.15, -0.1) is 11.3 Å². The van der Waals surface area contributed by atoms with E-state index in [1.165, 1.54) is 11.7 Å². The SMILES string of the molecule is CN1C(=O)c2ccc(C(=O)N3CCC(c4nc5ccccc5s4)CC3)cc2C1=O. The minimum Gasteiger partial charge on any atom is -0.339 e. The fourth-order valence-electron chi connectivity index (χ4n) is 4.07. The van der Waals surface area contributed by atoms with Crippen molar-refractivity contribution in [2.75, 3.05) is 20.1 Å². The predicted molar refractivity (Wildman–Crippen MR) is 110 cm³/mol. The number of imide groups is 1. The lowest BCUT2D eigenvalue weighted by molar-refractivity contribution is 0.0690. The van der Waals surface area contributed by atoms with E-state index in [0.717, 1.165) is 28.3 Å². The van der Waals surface area contributed by atoms with Crippen LogP contribution in [0.2, 0.25) is 0 Å². The molecule has 3 aromatic rings. The first-order chi connectivity index (χ1) is 14.0. The first kappa shape index (κ1) is 18.0. The maximum Gasteiger partial charge on any atom is 0.261 e. The van der Waals surface area contributed by atoms with E-state index in [1.807, 2.05) is 23.1 Å². The molecule has 0 radical (unpaired) electrons. The number of hydrogen-bond donors (Lipinski definition) is 0. The molecule has 7 heteroatoms. The van der Waals surface area contributed by atoms with Gasteiger partial charge < -0.3 is 4.90 Å². The second-order valence-electron chi connectivity index (χ2n) is 7.52. The van der Waals surface area contributed by atoms with Gasteiger partial charge in [0, 0.05) is 31.6 Å². The fraction of sp³-hybridized carbons (Fsp3) is 0.273. The molecule has 29 heavy (non-hydrogen) atoms. The van der Waals surface area contributed by atoms with Gasteiger partial charge in [0.2, 0.25) is 0 Å². The molecule has 6 nitrogen and oxygen atoms in total. The number of carbonyl (C=O) groups is 3. The first-order valence-electron chi connectivity index (χ1n) is 9.64. The molecule has 0 saturated carbocycles. The van der Waals surface area contributed by atoms with E-state index in [2.05, 4.69) is 6.07 Å². The maximum atomic E-state index is 13.0. The van der Waals surface area contributed by atoms with Crippen LogP contribution in [0.4, 0.5) is 0 Å². The minimum absolute atomic E-state index is 0.0923.